The second-order valence-electron chi connectivity index (χ2n) is 2.51. The van der Waals surface area contributed by atoms with Gasteiger partial charge in [0.1, 0.15) is 5.82 Å². The number of H-pyrrole nitrogens is 1. The summed E-state index contributed by atoms with van der Waals surface area (Å²) in [7, 11) is 0. The molecule has 0 saturated carbocycles. The van der Waals surface area contributed by atoms with Crippen LogP contribution >= 0.6 is 11.8 Å². The Hall–Kier alpha value is -1.01. The minimum Gasteiger partial charge on any atom is -0.348 e. The molecular weight excluding hydrogens is 190 g/mol. The molecule has 0 aliphatic carbocycles. The Labute approximate surface area is 78.9 Å². The van der Waals surface area contributed by atoms with Gasteiger partial charge in [0.2, 0.25) is 0 Å². The lowest BCUT2D eigenvalue weighted by Gasteiger charge is -2.10. The van der Waals surface area contributed by atoms with Crippen molar-refractivity contribution < 1.29 is 4.74 Å². The number of aromatic nitrogens is 2. The number of hydrogen-bond acceptors (Lipinski definition) is 5. The van der Waals surface area contributed by atoms with Crippen molar-refractivity contribution in [3.8, 4) is 0 Å². The molecule has 0 spiro atoms. The monoisotopic (exact) mass is 199 g/mol. The smallest absolute Gasteiger partial charge is 0.346 e. The third-order valence-corrected chi connectivity index (χ3v) is 2.53. The first-order valence-corrected chi connectivity index (χ1v) is 4.94. The fraction of sp³-hybridized carbons (Fsp3) is 0.429. The number of rotatable bonds is 2. The van der Waals surface area contributed by atoms with E-state index in [-0.39, 0.29) is 11.2 Å². The van der Waals surface area contributed by atoms with E-state index in [4.69, 9.17) is 4.74 Å². The Morgan fingerprint density at radius 1 is 1.77 bits per heavy atom. The molecule has 1 saturated heterocycles. The number of anilines is 1. The number of aromatic amines is 1. The fourth-order valence-electron chi connectivity index (χ4n) is 1.02. The minimum absolute atomic E-state index is 0.0574. The van der Waals surface area contributed by atoms with E-state index in [9.17, 15) is 4.79 Å². The quantitative estimate of drug-likeness (QED) is 0.713. The van der Waals surface area contributed by atoms with E-state index >= 15 is 0 Å². The van der Waals surface area contributed by atoms with Crippen LogP contribution in [0.3, 0.4) is 0 Å². The van der Waals surface area contributed by atoms with Crippen LogP contribution in [0.15, 0.2) is 17.1 Å². The Kier molecular flexibility index (Phi) is 2.51. The van der Waals surface area contributed by atoms with E-state index < -0.39 is 0 Å². The molecule has 13 heavy (non-hydrogen) atoms. The summed E-state index contributed by atoms with van der Waals surface area (Å²) in [5.41, 5.74) is -0.411. The van der Waals surface area contributed by atoms with Crippen LogP contribution in [-0.4, -0.2) is 27.9 Å². The summed E-state index contributed by atoms with van der Waals surface area (Å²) in [6, 6.07) is 1.70. The zero-order valence-corrected chi connectivity index (χ0v) is 7.63. The lowest BCUT2D eigenvalue weighted by molar-refractivity contribution is 0.161. The van der Waals surface area contributed by atoms with Gasteiger partial charge in [0.15, 0.2) is 5.56 Å². The zero-order chi connectivity index (χ0) is 9.10. The summed E-state index contributed by atoms with van der Waals surface area (Å²) >= 11 is 1.67. The van der Waals surface area contributed by atoms with Gasteiger partial charge in [-0.15, -0.1) is 11.8 Å². The van der Waals surface area contributed by atoms with Crippen LogP contribution in [0.2, 0.25) is 0 Å². The van der Waals surface area contributed by atoms with Gasteiger partial charge >= 0.3 is 5.69 Å². The number of nitrogens with one attached hydrogen (secondary N) is 2. The van der Waals surface area contributed by atoms with Gasteiger partial charge in [-0.1, -0.05) is 0 Å². The Morgan fingerprint density at radius 2 is 2.69 bits per heavy atom. The second-order valence-corrected chi connectivity index (χ2v) is 3.68. The first-order valence-electron chi connectivity index (χ1n) is 3.90. The maximum absolute atomic E-state index is 10.8. The van der Waals surface area contributed by atoms with Crippen molar-refractivity contribution in [2.24, 2.45) is 0 Å². The van der Waals surface area contributed by atoms with Crippen molar-refractivity contribution in [2.75, 3.05) is 17.7 Å². The highest BCUT2D eigenvalue weighted by molar-refractivity contribution is 8.00. The highest BCUT2D eigenvalue weighted by Crippen LogP contribution is 2.20. The van der Waals surface area contributed by atoms with Gasteiger partial charge in [0.25, 0.3) is 0 Å². The van der Waals surface area contributed by atoms with Crippen LogP contribution in [0.5, 0.6) is 0 Å². The van der Waals surface area contributed by atoms with Gasteiger partial charge in [0.05, 0.1) is 6.61 Å². The predicted molar refractivity (Wildman–Crippen MR) is 50.7 cm³/mol. The largest absolute Gasteiger partial charge is 0.348 e. The topological polar surface area (TPSA) is 67.0 Å². The van der Waals surface area contributed by atoms with E-state index in [1.54, 1.807) is 17.8 Å². The molecule has 2 heterocycles. The summed E-state index contributed by atoms with van der Waals surface area (Å²) in [6.45, 7) is 0.748. The average molecular weight is 199 g/mol. The summed E-state index contributed by atoms with van der Waals surface area (Å²) < 4.78 is 5.31. The van der Waals surface area contributed by atoms with E-state index in [2.05, 4.69) is 15.3 Å². The molecule has 0 amide bonds. The van der Waals surface area contributed by atoms with E-state index in [1.165, 1.54) is 6.20 Å². The molecule has 6 heteroatoms. The highest BCUT2D eigenvalue weighted by atomic mass is 32.2. The molecule has 70 valence electrons. The van der Waals surface area contributed by atoms with E-state index in [1.807, 2.05) is 0 Å². The van der Waals surface area contributed by atoms with E-state index in [0.29, 0.717) is 5.82 Å². The molecule has 2 N–H and O–H groups in total. The van der Waals surface area contributed by atoms with Crippen LogP contribution in [0.1, 0.15) is 0 Å². The van der Waals surface area contributed by atoms with Gasteiger partial charge in [0, 0.05) is 11.9 Å². The van der Waals surface area contributed by atoms with Crippen LogP contribution in [-0.2, 0) is 4.74 Å². The molecule has 0 aromatic carbocycles. The summed E-state index contributed by atoms with van der Waals surface area (Å²) in [5, 5.41) is 3.03. The van der Waals surface area contributed by atoms with Crippen LogP contribution < -0.4 is 11.0 Å². The second kappa shape index (κ2) is 3.80. The van der Waals surface area contributed by atoms with Crippen molar-refractivity contribution in [3.63, 3.8) is 0 Å². The lowest BCUT2D eigenvalue weighted by atomic mass is 10.6. The van der Waals surface area contributed by atoms with E-state index in [0.717, 1.165) is 12.4 Å². The molecule has 1 fully saturated rings. The van der Waals surface area contributed by atoms with Crippen LogP contribution in [0, 0.1) is 0 Å². The molecular formula is C7H9N3O2S. The molecule has 2 rings (SSSR count). The molecule has 1 aliphatic heterocycles. The number of ether oxygens (including phenoxy) is 1. The normalized spacial score (nSPS) is 21.7. The van der Waals surface area contributed by atoms with Crippen molar-refractivity contribution in [2.45, 2.75) is 5.56 Å². The van der Waals surface area contributed by atoms with Crippen molar-refractivity contribution in [1.29, 1.82) is 0 Å². The number of hydrogen-bond donors (Lipinski definition) is 2. The number of nitrogens with zero attached hydrogens (tertiary/aromatic N) is 1. The fourth-order valence-corrected chi connectivity index (χ4v) is 1.83. The standard InChI is InChI=1S/C7H9N3O2S/c11-6-8-2-1-5(9-6)10-7-12-3-4-13-7/h1-2,7H,3-4H2,(H2,8,9,10,11). The molecule has 0 bridgehead atoms. The first-order chi connectivity index (χ1) is 6.34. The van der Waals surface area contributed by atoms with Crippen molar-refractivity contribution in [3.05, 3.63) is 22.7 Å². The summed E-state index contributed by atoms with van der Waals surface area (Å²) in [4.78, 5) is 16.9. The Morgan fingerprint density at radius 3 is 3.38 bits per heavy atom. The van der Waals surface area contributed by atoms with Gasteiger partial charge in [-0.05, 0) is 6.07 Å². The van der Waals surface area contributed by atoms with Crippen LogP contribution in [0.25, 0.3) is 0 Å². The molecule has 1 aliphatic rings. The molecule has 1 aromatic rings. The maximum atomic E-state index is 10.8. The molecule has 0 radical (unpaired) electrons. The number of thioether (sulfide) groups is 1. The summed E-state index contributed by atoms with van der Waals surface area (Å²) in [5.74, 6) is 1.62. The third-order valence-electron chi connectivity index (χ3n) is 1.57. The van der Waals surface area contributed by atoms with Gasteiger partial charge in [-0.3, -0.25) is 4.98 Å². The third kappa shape index (κ3) is 2.22. The lowest BCUT2D eigenvalue weighted by Crippen LogP contribution is -2.19. The predicted octanol–water partition coefficient (Wildman–Crippen LogP) is 0.229. The maximum Gasteiger partial charge on any atom is 0.346 e. The first kappa shape index (κ1) is 8.58. The molecule has 1 unspecified atom stereocenters. The SMILES string of the molecule is O=c1nccc(NC2OCCS2)[nH]1. The van der Waals surface area contributed by atoms with Gasteiger partial charge < -0.3 is 10.1 Å². The van der Waals surface area contributed by atoms with Gasteiger partial charge in [-0.2, -0.15) is 0 Å². The van der Waals surface area contributed by atoms with Gasteiger partial charge in [-0.25, -0.2) is 9.78 Å². The minimum atomic E-state index is -0.354. The van der Waals surface area contributed by atoms with Crippen molar-refractivity contribution in [1.82, 2.24) is 9.97 Å². The Balaban J connectivity index is 2.04. The summed E-state index contributed by atoms with van der Waals surface area (Å²) in [6.07, 6.45) is 1.46. The zero-order valence-electron chi connectivity index (χ0n) is 6.82. The molecule has 1 atom stereocenters. The average Bonchev–Trinajstić information content (AvgIpc) is 2.57. The van der Waals surface area contributed by atoms with Crippen molar-refractivity contribution >= 4 is 17.6 Å². The molecule has 1 aromatic heterocycles. The van der Waals surface area contributed by atoms with Crippen LogP contribution in [0.4, 0.5) is 5.82 Å². The Bertz CT molecular complexity index is 335. The highest BCUT2D eigenvalue weighted by Gasteiger charge is 2.15. The molecule has 5 nitrogen and oxygen atoms in total.